The minimum atomic E-state index is 0.395. The first-order valence-electron chi connectivity index (χ1n) is 7.07. The molecule has 2 atom stereocenters. The second-order valence-electron chi connectivity index (χ2n) is 6.76. The van der Waals surface area contributed by atoms with Gasteiger partial charge in [0.25, 0.3) is 0 Å². The fourth-order valence-electron chi connectivity index (χ4n) is 2.75. The van der Waals surface area contributed by atoms with E-state index in [1.807, 2.05) is 19.3 Å². The summed E-state index contributed by atoms with van der Waals surface area (Å²) in [4.78, 5) is 4.04. The molecule has 2 nitrogen and oxygen atoms in total. The molecule has 0 spiro atoms. The number of halogens is 1. The van der Waals surface area contributed by atoms with Crippen molar-refractivity contribution in [2.75, 3.05) is 7.05 Å². The first kappa shape index (κ1) is 16.5. The van der Waals surface area contributed by atoms with Gasteiger partial charge in [-0.15, -0.1) is 0 Å². The van der Waals surface area contributed by atoms with Gasteiger partial charge in [0.05, 0.1) is 5.02 Å². The Kier molecular flexibility index (Phi) is 6.28. The van der Waals surface area contributed by atoms with Crippen LogP contribution in [0.2, 0.25) is 5.02 Å². The van der Waals surface area contributed by atoms with Crippen molar-refractivity contribution in [2.24, 2.45) is 11.3 Å². The van der Waals surface area contributed by atoms with Gasteiger partial charge in [-0.05, 0) is 49.3 Å². The molecular weight excluding hydrogens is 256 g/mol. The summed E-state index contributed by atoms with van der Waals surface area (Å²) >= 11 is 6.18. The Hall–Kier alpha value is -0.600. The highest BCUT2D eigenvalue weighted by Crippen LogP contribution is 2.27. The van der Waals surface area contributed by atoms with Crippen molar-refractivity contribution >= 4 is 11.6 Å². The molecule has 1 N–H and O–H groups in total. The van der Waals surface area contributed by atoms with Crippen molar-refractivity contribution in [3.63, 3.8) is 0 Å². The molecule has 0 aliphatic rings. The Morgan fingerprint density at radius 1 is 1.37 bits per heavy atom. The number of hydrogen-bond acceptors (Lipinski definition) is 2. The third-order valence-corrected chi connectivity index (χ3v) is 3.72. The van der Waals surface area contributed by atoms with Crippen LogP contribution in [0.4, 0.5) is 0 Å². The largest absolute Gasteiger partial charge is 0.317 e. The molecule has 0 radical (unpaired) electrons. The van der Waals surface area contributed by atoms with Crippen molar-refractivity contribution in [3.05, 3.63) is 29.0 Å². The van der Waals surface area contributed by atoms with Crippen molar-refractivity contribution < 1.29 is 0 Å². The third kappa shape index (κ3) is 6.40. The normalized spacial score (nSPS) is 15.3. The van der Waals surface area contributed by atoms with Gasteiger partial charge < -0.3 is 5.32 Å². The molecule has 0 amide bonds. The van der Waals surface area contributed by atoms with Crippen LogP contribution >= 0.6 is 11.6 Å². The number of pyridine rings is 1. The van der Waals surface area contributed by atoms with Gasteiger partial charge in [0.15, 0.2) is 0 Å². The van der Waals surface area contributed by atoms with Gasteiger partial charge in [0.1, 0.15) is 0 Å². The first-order chi connectivity index (χ1) is 8.81. The lowest BCUT2D eigenvalue weighted by Crippen LogP contribution is -2.30. The fourth-order valence-corrected chi connectivity index (χ4v) is 2.95. The minimum absolute atomic E-state index is 0.395. The van der Waals surface area contributed by atoms with Gasteiger partial charge in [-0.2, -0.15) is 0 Å². The van der Waals surface area contributed by atoms with Crippen LogP contribution in [0.15, 0.2) is 18.5 Å². The van der Waals surface area contributed by atoms with E-state index in [-0.39, 0.29) is 0 Å². The highest BCUT2D eigenvalue weighted by Gasteiger charge is 2.19. The van der Waals surface area contributed by atoms with E-state index in [4.69, 9.17) is 11.6 Å². The Bertz CT molecular complexity index is 385. The van der Waals surface area contributed by atoms with E-state index >= 15 is 0 Å². The maximum absolute atomic E-state index is 6.18. The molecule has 1 aromatic rings. The molecule has 1 rings (SSSR count). The molecule has 0 fully saturated rings. The van der Waals surface area contributed by atoms with Crippen LogP contribution in [-0.4, -0.2) is 18.1 Å². The number of likely N-dealkylation sites (N-methyl/N-ethyl adjacent to an activating group) is 1. The minimum Gasteiger partial charge on any atom is -0.317 e. The molecule has 0 aliphatic heterocycles. The van der Waals surface area contributed by atoms with Crippen molar-refractivity contribution in [3.8, 4) is 0 Å². The monoisotopic (exact) mass is 282 g/mol. The molecule has 0 saturated heterocycles. The zero-order valence-corrected chi connectivity index (χ0v) is 13.6. The summed E-state index contributed by atoms with van der Waals surface area (Å²) in [6.07, 6.45) is 6.92. The van der Waals surface area contributed by atoms with E-state index in [1.54, 1.807) is 6.20 Å². The number of aromatic nitrogens is 1. The predicted octanol–water partition coefficient (Wildman–Crippen LogP) is 4.33. The Balaban J connectivity index is 2.57. The van der Waals surface area contributed by atoms with Crippen LogP contribution in [-0.2, 0) is 6.42 Å². The van der Waals surface area contributed by atoms with Crippen molar-refractivity contribution in [2.45, 2.75) is 53.0 Å². The molecule has 0 saturated carbocycles. The zero-order valence-electron chi connectivity index (χ0n) is 12.8. The van der Waals surface area contributed by atoms with E-state index < -0.39 is 0 Å². The van der Waals surface area contributed by atoms with E-state index in [9.17, 15) is 0 Å². The summed E-state index contributed by atoms with van der Waals surface area (Å²) in [6.45, 7) is 9.25. The van der Waals surface area contributed by atoms with E-state index in [2.05, 4.69) is 38.0 Å². The van der Waals surface area contributed by atoms with Gasteiger partial charge >= 0.3 is 0 Å². The molecule has 2 unspecified atom stereocenters. The molecule has 0 aromatic carbocycles. The average molecular weight is 283 g/mol. The zero-order chi connectivity index (χ0) is 14.5. The molecule has 0 aliphatic carbocycles. The topological polar surface area (TPSA) is 24.9 Å². The van der Waals surface area contributed by atoms with E-state index in [1.165, 1.54) is 18.4 Å². The standard InChI is InChI=1S/C16H27ClN2/c1-12(10-16(2,3)4)8-14(18-5)9-13-6-7-19-11-15(13)17/h6-7,11-12,14,18H,8-10H2,1-5H3. The van der Waals surface area contributed by atoms with Gasteiger partial charge in [-0.25, -0.2) is 0 Å². The lowest BCUT2D eigenvalue weighted by Gasteiger charge is -2.26. The van der Waals surface area contributed by atoms with E-state index in [0.29, 0.717) is 17.4 Å². The smallest absolute Gasteiger partial charge is 0.0621 e. The van der Waals surface area contributed by atoms with Crippen LogP contribution in [0, 0.1) is 11.3 Å². The molecular formula is C16H27ClN2. The number of hydrogen-bond donors (Lipinski definition) is 1. The lowest BCUT2D eigenvalue weighted by atomic mass is 9.82. The Labute approximate surface area is 123 Å². The van der Waals surface area contributed by atoms with Gasteiger partial charge in [-0.1, -0.05) is 39.3 Å². The Morgan fingerprint density at radius 3 is 2.58 bits per heavy atom. The summed E-state index contributed by atoms with van der Waals surface area (Å²) < 4.78 is 0. The fraction of sp³-hybridized carbons (Fsp3) is 0.688. The number of rotatable bonds is 6. The summed E-state index contributed by atoms with van der Waals surface area (Å²) in [5.41, 5.74) is 1.57. The molecule has 0 bridgehead atoms. The second kappa shape index (κ2) is 7.25. The summed E-state index contributed by atoms with van der Waals surface area (Å²) in [7, 11) is 2.03. The van der Waals surface area contributed by atoms with E-state index in [0.717, 1.165) is 11.4 Å². The van der Waals surface area contributed by atoms with Crippen molar-refractivity contribution in [1.29, 1.82) is 0 Å². The lowest BCUT2D eigenvalue weighted by molar-refractivity contribution is 0.277. The van der Waals surface area contributed by atoms with Gasteiger partial charge in [-0.3, -0.25) is 4.98 Å². The summed E-state index contributed by atoms with van der Waals surface area (Å²) in [5, 5.41) is 4.19. The SMILES string of the molecule is CNC(Cc1ccncc1Cl)CC(C)CC(C)(C)C. The number of nitrogens with zero attached hydrogens (tertiary/aromatic N) is 1. The van der Waals surface area contributed by atoms with Crippen molar-refractivity contribution in [1.82, 2.24) is 10.3 Å². The predicted molar refractivity (Wildman–Crippen MR) is 83.7 cm³/mol. The van der Waals surface area contributed by atoms with Crippen LogP contribution in [0.3, 0.4) is 0 Å². The summed E-state index contributed by atoms with van der Waals surface area (Å²) in [5.74, 6) is 0.707. The molecule has 3 heteroatoms. The quantitative estimate of drug-likeness (QED) is 0.840. The summed E-state index contributed by atoms with van der Waals surface area (Å²) in [6, 6.07) is 2.48. The first-order valence-corrected chi connectivity index (χ1v) is 7.45. The van der Waals surface area contributed by atoms with Crippen LogP contribution < -0.4 is 5.32 Å². The molecule has 19 heavy (non-hydrogen) atoms. The average Bonchev–Trinajstić information content (AvgIpc) is 2.28. The maximum atomic E-state index is 6.18. The third-order valence-electron chi connectivity index (χ3n) is 3.38. The van der Waals surface area contributed by atoms with Crippen LogP contribution in [0.1, 0.15) is 46.1 Å². The maximum Gasteiger partial charge on any atom is 0.0621 e. The molecule has 1 aromatic heterocycles. The number of nitrogens with one attached hydrogen (secondary N) is 1. The molecule has 108 valence electrons. The van der Waals surface area contributed by atoms with Crippen LogP contribution in [0.25, 0.3) is 0 Å². The second-order valence-corrected chi connectivity index (χ2v) is 7.17. The highest BCUT2D eigenvalue weighted by atomic mass is 35.5. The van der Waals surface area contributed by atoms with Gasteiger partial charge in [0.2, 0.25) is 0 Å². The van der Waals surface area contributed by atoms with Crippen LogP contribution in [0.5, 0.6) is 0 Å². The Morgan fingerprint density at radius 2 is 2.05 bits per heavy atom. The highest BCUT2D eigenvalue weighted by molar-refractivity contribution is 6.31. The molecule has 1 heterocycles. The van der Waals surface area contributed by atoms with Gasteiger partial charge in [0, 0.05) is 18.4 Å².